The number of allylic oxidation sites excluding steroid dienone is 3. The number of hydrogen-bond donors (Lipinski definition) is 1. The molecule has 0 bridgehead atoms. The molecule has 0 amide bonds. The summed E-state index contributed by atoms with van der Waals surface area (Å²) in [5.74, 6) is -4.13. The summed E-state index contributed by atoms with van der Waals surface area (Å²) in [7, 11) is 2.68. The Kier molecular flexibility index (Phi) is 7.27. The number of carbonyl (C=O) groups excluding carboxylic acids is 3. The summed E-state index contributed by atoms with van der Waals surface area (Å²) in [6.45, 7) is 3.64. The van der Waals surface area contributed by atoms with Crippen LogP contribution >= 0.6 is 0 Å². The minimum Gasteiger partial charge on any atom is -0.468 e. The number of nitrogens with one attached hydrogen (secondary N) is 1. The highest BCUT2D eigenvalue weighted by atomic mass is 16.6. The lowest BCUT2D eigenvalue weighted by molar-refractivity contribution is -0.384. The number of methoxy groups -OCH3 is 2. The predicted octanol–water partition coefficient (Wildman–Crippen LogP) is 2.40. The molecule has 1 heterocycles. The highest BCUT2D eigenvalue weighted by Gasteiger charge is 2.47. The molecule has 0 aromatic heterocycles. The maximum absolute atomic E-state index is 13.6. The van der Waals surface area contributed by atoms with Crippen molar-refractivity contribution in [2.45, 2.75) is 26.2 Å². The van der Waals surface area contributed by atoms with Crippen LogP contribution in [0.15, 0.2) is 46.8 Å². The molecular formula is C23H26N2O8. The Morgan fingerprint density at radius 1 is 1.24 bits per heavy atom. The number of esters is 2. The minimum absolute atomic E-state index is 0.00452. The van der Waals surface area contributed by atoms with Crippen molar-refractivity contribution in [2.75, 3.05) is 27.4 Å². The average molecular weight is 458 g/mol. The number of nitrogens with zero attached hydrogens (tertiary/aromatic N) is 1. The Hall–Kier alpha value is -3.53. The Morgan fingerprint density at radius 3 is 2.61 bits per heavy atom. The maximum atomic E-state index is 13.6. The second-order valence-corrected chi connectivity index (χ2v) is 8.02. The molecule has 1 aromatic rings. The fourth-order valence-electron chi connectivity index (χ4n) is 4.40. The number of non-ortho nitro benzene ring substituents is 1. The third-order valence-electron chi connectivity index (χ3n) is 5.90. The van der Waals surface area contributed by atoms with Gasteiger partial charge in [0, 0.05) is 42.1 Å². The Morgan fingerprint density at radius 2 is 1.97 bits per heavy atom. The number of Topliss-reactive ketones (excluding diaryl/α,β-unsaturated/α-hetero) is 1. The molecule has 1 aliphatic heterocycles. The molecule has 176 valence electrons. The molecule has 0 unspecified atom stereocenters. The summed E-state index contributed by atoms with van der Waals surface area (Å²) in [4.78, 5) is 49.9. The molecule has 3 atom stereocenters. The Labute approximate surface area is 190 Å². The summed E-state index contributed by atoms with van der Waals surface area (Å²) in [6, 6.07) is 5.76. The molecule has 10 heteroatoms. The van der Waals surface area contributed by atoms with E-state index in [1.807, 2.05) is 0 Å². The summed E-state index contributed by atoms with van der Waals surface area (Å²) in [5.41, 5.74) is 1.62. The van der Waals surface area contributed by atoms with Crippen molar-refractivity contribution in [1.82, 2.24) is 5.32 Å². The fraction of sp³-hybridized carbons (Fsp3) is 0.435. The van der Waals surface area contributed by atoms with E-state index in [1.165, 1.54) is 32.4 Å². The van der Waals surface area contributed by atoms with Crippen molar-refractivity contribution < 1.29 is 33.5 Å². The molecule has 0 spiro atoms. The van der Waals surface area contributed by atoms with Gasteiger partial charge in [0.2, 0.25) is 0 Å². The van der Waals surface area contributed by atoms with E-state index in [9.17, 15) is 24.5 Å². The van der Waals surface area contributed by atoms with Crippen LogP contribution in [0.25, 0.3) is 0 Å². The molecule has 1 aliphatic carbocycles. The van der Waals surface area contributed by atoms with Crippen molar-refractivity contribution in [2.24, 2.45) is 11.8 Å². The fourth-order valence-corrected chi connectivity index (χ4v) is 4.40. The van der Waals surface area contributed by atoms with E-state index in [0.717, 1.165) is 0 Å². The number of rotatable bonds is 7. The molecule has 2 aliphatic rings. The standard InChI is InChI=1S/C23H26N2O8/c1-12-10-16-20(21(26)17(12)22(27)32-4)19(14-6-5-7-15(11-14)25(29)30)18(13(2)24-16)23(28)33-9-8-31-3/h5-7,11-12,17,19,24H,8-10H2,1-4H3/t12-,17+,19+/m0/s1. The van der Waals surface area contributed by atoms with E-state index in [2.05, 4.69) is 5.32 Å². The third kappa shape index (κ3) is 4.65. The van der Waals surface area contributed by atoms with Crippen LogP contribution in [0.5, 0.6) is 0 Å². The van der Waals surface area contributed by atoms with E-state index < -0.39 is 34.5 Å². The van der Waals surface area contributed by atoms with Gasteiger partial charge in [-0.2, -0.15) is 0 Å². The maximum Gasteiger partial charge on any atom is 0.336 e. The molecular weight excluding hydrogens is 432 g/mol. The first kappa shape index (κ1) is 24.1. The van der Waals surface area contributed by atoms with Gasteiger partial charge in [0.15, 0.2) is 5.78 Å². The van der Waals surface area contributed by atoms with E-state index in [1.54, 1.807) is 19.9 Å². The summed E-state index contributed by atoms with van der Waals surface area (Å²) in [5, 5.41) is 14.5. The van der Waals surface area contributed by atoms with Gasteiger partial charge in [0.1, 0.15) is 12.5 Å². The zero-order valence-corrected chi connectivity index (χ0v) is 18.9. The number of nitro benzene ring substituents is 1. The van der Waals surface area contributed by atoms with E-state index >= 15 is 0 Å². The Balaban J connectivity index is 2.16. The lowest BCUT2D eigenvalue weighted by Crippen LogP contribution is -2.43. The zero-order valence-electron chi connectivity index (χ0n) is 18.9. The molecule has 0 saturated carbocycles. The molecule has 3 rings (SSSR count). The summed E-state index contributed by atoms with van der Waals surface area (Å²) in [6.07, 6.45) is 0.371. The van der Waals surface area contributed by atoms with Crippen molar-refractivity contribution in [3.63, 3.8) is 0 Å². The molecule has 1 aromatic carbocycles. The smallest absolute Gasteiger partial charge is 0.336 e. The molecule has 33 heavy (non-hydrogen) atoms. The third-order valence-corrected chi connectivity index (χ3v) is 5.90. The van der Waals surface area contributed by atoms with Gasteiger partial charge >= 0.3 is 11.9 Å². The van der Waals surface area contributed by atoms with Crippen molar-refractivity contribution in [1.29, 1.82) is 0 Å². The largest absolute Gasteiger partial charge is 0.468 e. The van der Waals surface area contributed by atoms with Crippen LogP contribution in [0, 0.1) is 22.0 Å². The Bertz CT molecular complexity index is 1060. The molecule has 0 saturated heterocycles. The van der Waals surface area contributed by atoms with E-state index in [4.69, 9.17) is 14.2 Å². The van der Waals surface area contributed by atoms with Gasteiger partial charge in [-0.15, -0.1) is 0 Å². The first-order valence-corrected chi connectivity index (χ1v) is 10.4. The van der Waals surface area contributed by atoms with Crippen LogP contribution in [-0.2, 0) is 28.6 Å². The molecule has 10 nitrogen and oxygen atoms in total. The molecule has 0 radical (unpaired) electrons. The van der Waals surface area contributed by atoms with Crippen LogP contribution in [-0.4, -0.2) is 50.1 Å². The summed E-state index contributed by atoms with van der Waals surface area (Å²) < 4.78 is 15.1. The van der Waals surface area contributed by atoms with Crippen molar-refractivity contribution in [3.8, 4) is 0 Å². The topological polar surface area (TPSA) is 134 Å². The van der Waals surface area contributed by atoms with Gasteiger partial charge in [-0.05, 0) is 24.8 Å². The molecule has 0 fully saturated rings. The van der Waals surface area contributed by atoms with E-state index in [0.29, 0.717) is 23.4 Å². The average Bonchev–Trinajstić information content (AvgIpc) is 2.78. The highest BCUT2D eigenvalue weighted by molar-refractivity contribution is 6.12. The monoisotopic (exact) mass is 458 g/mol. The first-order chi connectivity index (χ1) is 15.7. The van der Waals surface area contributed by atoms with Crippen LogP contribution in [0.1, 0.15) is 31.7 Å². The quantitative estimate of drug-likeness (QED) is 0.215. The number of nitro groups is 1. The second kappa shape index (κ2) is 9.95. The summed E-state index contributed by atoms with van der Waals surface area (Å²) >= 11 is 0. The van der Waals surface area contributed by atoms with Crippen LogP contribution in [0.3, 0.4) is 0 Å². The lowest BCUT2D eigenvalue weighted by Gasteiger charge is -2.38. The number of ketones is 1. The van der Waals surface area contributed by atoms with E-state index in [-0.39, 0.29) is 36.0 Å². The number of dihydropyridines is 1. The van der Waals surface area contributed by atoms with Gasteiger partial charge < -0.3 is 19.5 Å². The second-order valence-electron chi connectivity index (χ2n) is 8.02. The van der Waals surface area contributed by atoms with Crippen molar-refractivity contribution >= 4 is 23.4 Å². The normalized spacial score (nSPS) is 22.4. The van der Waals surface area contributed by atoms with Crippen LogP contribution in [0.4, 0.5) is 5.69 Å². The van der Waals surface area contributed by atoms with Crippen LogP contribution in [0.2, 0.25) is 0 Å². The highest BCUT2D eigenvalue weighted by Crippen LogP contribution is 2.45. The number of carbonyl (C=O) groups is 3. The van der Waals surface area contributed by atoms with Gasteiger partial charge in [-0.1, -0.05) is 19.1 Å². The number of benzene rings is 1. The van der Waals surface area contributed by atoms with Gasteiger partial charge in [0.25, 0.3) is 5.69 Å². The first-order valence-electron chi connectivity index (χ1n) is 10.4. The van der Waals surface area contributed by atoms with Gasteiger partial charge in [-0.25, -0.2) is 4.79 Å². The van der Waals surface area contributed by atoms with Crippen molar-refractivity contribution in [3.05, 3.63) is 62.5 Å². The van der Waals surface area contributed by atoms with Gasteiger partial charge in [-0.3, -0.25) is 19.7 Å². The molecule has 1 N–H and O–H groups in total. The van der Waals surface area contributed by atoms with Gasteiger partial charge in [0.05, 0.1) is 24.2 Å². The lowest BCUT2D eigenvalue weighted by atomic mass is 9.69. The predicted molar refractivity (Wildman–Crippen MR) is 116 cm³/mol. The SMILES string of the molecule is COCCOC(=O)C1=C(C)NC2=C(C(=O)[C@H](C(=O)OC)[C@@H](C)C2)[C@@H]1c1cccc([N+](=O)[O-])c1. The van der Waals surface area contributed by atoms with Crippen LogP contribution < -0.4 is 5.32 Å². The minimum atomic E-state index is -1.04. The number of ether oxygens (including phenoxy) is 3. The number of hydrogen-bond acceptors (Lipinski definition) is 9. The zero-order chi connectivity index (χ0) is 24.3.